The van der Waals surface area contributed by atoms with Crippen LogP contribution in [0.2, 0.25) is 0 Å². The van der Waals surface area contributed by atoms with Gasteiger partial charge in [0.15, 0.2) is 11.6 Å². The molecule has 122 valence electrons. The van der Waals surface area contributed by atoms with Crippen LogP contribution in [-0.4, -0.2) is 37.5 Å². The van der Waals surface area contributed by atoms with Crippen LogP contribution in [0.3, 0.4) is 0 Å². The van der Waals surface area contributed by atoms with Crippen LogP contribution in [0.5, 0.6) is 0 Å². The Bertz CT molecular complexity index is 894. The van der Waals surface area contributed by atoms with Crippen LogP contribution >= 0.6 is 12.4 Å². The summed E-state index contributed by atoms with van der Waals surface area (Å²) in [5, 5.41) is 9.71. The minimum Gasteiger partial charge on any atom is -0.361 e. The molecule has 0 unspecified atom stereocenters. The number of nitrogens with zero attached hydrogens (tertiary/aromatic N) is 4. The second-order valence-corrected chi connectivity index (χ2v) is 5.48. The topological polar surface area (TPSA) is 96.4 Å². The minimum atomic E-state index is 0. The predicted molar refractivity (Wildman–Crippen MR) is 92.0 cm³/mol. The van der Waals surface area contributed by atoms with E-state index in [-0.39, 0.29) is 18.2 Å². The number of aromatic nitrogens is 5. The van der Waals surface area contributed by atoms with Gasteiger partial charge in [-0.2, -0.15) is 5.10 Å². The molecule has 0 saturated carbocycles. The highest BCUT2D eigenvalue weighted by atomic mass is 35.5. The number of halogens is 1. The van der Waals surface area contributed by atoms with Crippen molar-refractivity contribution in [2.45, 2.75) is 13.3 Å². The fraction of sp³-hybridized carbons (Fsp3) is 0.188. The van der Waals surface area contributed by atoms with Crippen LogP contribution in [0, 0.1) is 6.92 Å². The Labute approximate surface area is 144 Å². The molecule has 0 amide bonds. The van der Waals surface area contributed by atoms with Crippen molar-refractivity contribution in [2.24, 2.45) is 0 Å². The van der Waals surface area contributed by atoms with Crippen molar-refractivity contribution in [3.63, 3.8) is 0 Å². The number of carbonyl (C=O) groups excluding carboxylic acids is 1. The Morgan fingerprint density at radius 2 is 2.08 bits per heavy atom. The SMILES string of the molecule is Cc1cc(-c2ncn[nH]2)ccc1-c1cnc2c(n1)CC(=O)CN2.Cl. The lowest BCUT2D eigenvalue weighted by atomic mass is 10.0. The zero-order valence-corrected chi connectivity index (χ0v) is 13.7. The number of carbonyl (C=O) groups is 1. The Balaban J connectivity index is 0.00000169. The van der Waals surface area contributed by atoms with E-state index in [0.717, 1.165) is 28.2 Å². The molecule has 7 nitrogen and oxygen atoms in total. The van der Waals surface area contributed by atoms with E-state index in [1.54, 1.807) is 6.20 Å². The molecule has 1 aliphatic rings. The first-order valence-electron chi connectivity index (χ1n) is 7.29. The van der Waals surface area contributed by atoms with Gasteiger partial charge in [-0.1, -0.05) is 12.1 Å². The van der Waals surface area contributed by atoms with Gasteiger partial charge < -0.3 is 5.32 Å². The number of anilines is 1. The second kappa shape index (κ2) is 6.37. The Morgan fingerprint density at radius 3 is 2.83 bits per heavy atom. The normalized spacial score (nSPS) is 13.0. The average Bonchev–Trinajstić information content (AvgIpc) is 3.08. The molecule has 0 spiro atoms. The molecule has 3 heterocycles. The first kappa shape index (κ1) is 16.1. The van der Waals surface area contributed by atoms with E-state index in [9.17, 15) is 4.79 Å². The van der Waals surface area contributed by atoms with Gasteiger partial charge >= 0.3 is 0 Å². The van der Waals surface area contributed by atoms with Crippen molar-refractivity contribution in [1.82, 2.24) is 25.1 Å². The molecule has 3 aromatic rings. The summed E-state index contributed by atoms with van der Waals surface area (Å²) in [6.07, 6.45) is 3.55. The summed E-state index contributed by atoms with van der Waals surface area (Å²) >= 11 is 0. The van der Waals surface area contributed by atoms with Crippen molar-refractivity contribution < 1.29 is 4.79 Å². The molecule has 0 atom stereocenters. The van der Waals surface area contributed by atoms with Crippen molar-refractivity contribution in [3.8, 4) is 22.6 Å². The Kier molecular flexibility index (Phi) is 4.26. The molecule has 0 bridgehead atoms. The molecule has 2 aromatic heterocycles. The number of rotatable bonds is 2. The number of ketones is 1. The first-order chi connectivity index (χ1) is 11.2. The number of hydrogen-bond acceptors (Lipinski definition) is 6. The summed E-state index contributed by atoms with van der Waals surface area (Å²) in [7, 11) is 0. The highest BCUT2D eigenvalue weighted by Gasteiger charge is 2.18. The number of benzene rings is 1. The third-order valence-electron chi connectivity index (χ3n) is 3.85. The van der Waals surface area contributed by atoms with Crippen molar-refractivity contribution in [1.29, 1.82) is 0 Å². The van der Waals surface area contributed by atoms with Crippen molar-refractivity contribution >= 4 is 24.0 Å². The Morgan fingerprint density at radius 1 is 1.21 bits per heavy atom. The molecule has 8 heteroatoms. The number of hydrogen-bond donors (Lipinski definition) is 2. The summed E-state index contributed by atoms with van der Waals surface area (Å²) in [5.41, 5.74) is 4.48. The number of aromatic amines is 1. The molecule has 0 fully saturated rings. The van der Waals surface area contributed by atoms with Gasteiger partial charge in [-0.05, 0) is 18.6 Å². The van der Waals surface area contributed by atoms with Gasteiger partial charge in [0.1, 0.15) is 12.1 Å². The van der Waals surface area contributed by atoms with Crippen molar-refractivity contribution in [3.05, 3.63) is 42.0 Å². The Hall–Kier alpha value is -2.80. The molecule has 4 rings (SSSR count). The van der Waals surface area contributed by atoms with E-state index in [2.05, 4.69) is 30.5 Å². The minimum absolute atomic E-state index is 0. The van der Waals surface area contributed by atoms with Crippen molar-refractivity contribution in [2.75, 3.05) is 11.9 Å². The summed E-state index contributed by atoms with van der Waals surface area (Å²) in [6.45, 7) is 2.34. The van der Waals surface area contributed by atoms with E-state index >= 15 is 0 Å². The molecule has 1 aliphatic heterocycles. The van der Waals surface area contributed by atoms with E-state index < -0.39 is 0 Å². The number of aryl methyl sites for hydroxylation is 1. The van der Waals surface area contributed by atoms with Crippen LogP contribution in [0.4, 0.5) is 5.82 Å². The van der Waals surface area contributed by atoms with Crippen LogP contribution in [-0.2, 0) is 11.2 Å². The van der Waals surface area contributed by atoms with Gasteiger partial charge in [0.05, 0.1) is 30.6 Å². The largest absolute Gasteiger partial charge is 0.361 e. The number of nitrogens with one attached hydrogen (secondary N) is 2. The average molecular weight is 343 g/mol. The van der Waals surface area contributed by atoms with Gasteiger partial charge in [0.2, 0.25) is 0 Å². The standard InChI is InChI=1S/C16H14N6O.ClH/c1-9-4-10(15-19-8-20-22-15)2-3-12(9)14-7-18-16-13(21-14)5-11(23)6-17-16;/h2-4,7-8H,5-6H2,1H3,(H,17,18)(H,19,20,22);1H. The van der Waals surface area contributed by atoms with Gasteiger partial charge in [0, 0.05) is 11.1 Å². The van der Waals surface area contributed by atoms with Crippen LogP contribution < -0.4 is 5.32 Å². The lowest BCUT2D eigenvalue weighted by Crippen LogP contribution is -2.24. The fourth-order valence-electron chi connectivity index (χ4n) is 2.70. The molecule has 0 aliphatic carbocycles. The summed E-state index contributed by atoms with van der Waals surface area (Å²) in [5.74, 6) is 1.55. The predicted octanol–water partition coefficient (Wildman–Crippen LogP) is 2.20. The van der Waals surface area contributed by atoms with E-state index in [0.29, 0.717) is 24.5 Å². The lowest BCUT2D eigenvalue weighted by Gasteiger charge is -2.16. The van der Waals surface area contributed by atoms with Crippen LogP contribution in [0.1, 0.15) is 11.3 Å². The maximum absolute atomic E-state index is 11.6. The van der Waals surface area contributed by atoms with E-state index in [1.807, 2.05) is 25.1 Å². The molecule has 1 aromatic carbocycles. The molecule has 0 radical (unpaired) electrons. The molecule has 2 N–H and O–H groups in total. The fourth-order valence-corrected chi connectivity index (χ4v) is 2.70. The maximum atomic E-state index is 11.6. The third-order valence-corrected chi connectivity index (χ3v) is 3.85. The number of H-pyrrole nitrogens is 1. The monoisotopic (exact) mass is 342 g/mol. The van der Waals surface area contributed by atoms with Gasteiger partial charge in [-0.25, -0.2) is 15.0 Å². The summed E-state index contributed by atoms with van der Waals surface area (Å²) < 4.78 is 0. The molecular formula is C16H15ClN6O. The second-order valence-electron chi connectivity index (χ2n) is 5.48. The van der Waals surface area contributed by atoms with Crippen LogP contribution in [0.15, 0.2) is 30.7 Å². The quantitative estimate of drug-likeness (QED) is 0.741. The maximum Gasteiger partial charge on any atom is 0.158 e. The molecule has 24 heavy (non-hydrogen) atoms. The highest BCUT2D eigenvalue weighted by Crippen LogP contribution is 2.27. The molecule has 0 saturated heterocycles. The lowest BCUT2D eigenvalue weighted by molar-refractivity contribution is -0.117. The zero-order chi connectivity index (χ0) is 15.8. The van der Waals surface area contributed by atoms with Gasteiger partial charge in [-0.3, -0.25) is 9.89 Å². The van der Waals surface area contributed by atoms with Gasteiger partial charge in [-0.15, -0.1) is 12.4 Å². The highest BCUT2D eigenvalue weighted by molar-refractivity contribution is 5.88. The number of Topliss-reactive ketones (excluding diaryl/α,β-unsaturated/α-hetero) is 1. The third kappa shape index (κ3) is 2.85. The van der Waals surface area contributed by atoms with Gasteiger partial charge in [0.25, 0.3) is 0 Å². The van der Waals surface area contributed by atoms with Crippen LogP contribution in [0.25, 0.3) is 22.6 Å². The summed E-state index contributed by atoms with van der Waals surface area (Å²) in [6, 6.07) is 5.98. The zero-order valence-electron chi connectivity index (χ0n) is 12.9. The molecular weight excluding hydrogens is 328 g/mol. The van der Waals surface area contributed by atoms with E-state index in [1.165, 1.54) is 6.33 Å². The number of fused-ring (bicyclic) bond motifs is 1. The van der Waals surface area contributed by atoms with E-state index in [4.69, 9.17) is 0 Å². The smallest absolute Gasteiger partial charge is 0.158 e. The summed E-state index contributed by atoms with van der Waals surface area (Å²) in [4.78, 5) is 24.7. The first-order valence-corrected chi connectivity index (χ1v) is 7.29.